The van der Waals surface area contributed by atoms with E-state index < -0.39 is 5.97 Å². The molecule has 1 aliphatic rings. The summed E-state index contributed by atoms with van der Waals surface area (Å²) >= 11 is 0. The summed E-state index contributed by atoms with van der Waals surface area (Å²) in [6.07, 6.45) is 3.94. The molecule has 0 aliphatic carbocycles. The summed E-state index contributed by atoms with van der Waals surface area (Å²) in [5.74, 6) is 0.237. The maximum Gasteiger partial charge on any atom is 0.358 e. The van der Waals surface area contributed by atoms with Gasteiger partial charge in [0.25, 0.3) is 0 Å². The van der Waals surface area contributed by atoms with Crippen LogP contribution < -0.4 is 4.90 Å². The van der Waals surface area contributed by atoms with Crippen molar-refractivity contribution in [1.82, 2.24) is 9.97 Å². The number of nitrogens with zero attached hydrogens (tertiary/aromatic N) is 3. The van der Waals surface area contributed by atoms with Crippen molar-refractivity contribution in [2.75, 3.05) is 31.9 Å². The van der Waals surface area contributed by atoms with Crippen LogP contribution in [0, 0.1) is 0 Å². The van der Waals surface area contributed by atoms with Gasteiger partial charge in [-0.05, 0) is 6.42 Å². The second kappa shape index (κ2) is 4.89. The minimum Gasteiger partial charge on any atom is -0.464 e. The fourth-order valence-corrected chi connectivity index (χ4v) is 1.47. The van der Waals surface area contributed by atoms with Crippen LogP contribution >= 0.6 is 0 Å². The quantitative estimate of drug-likeness (QED) is 0.678. The van der Waals surface area contributed by atoms with Crippen molar-refractivity contribution in [1.29, 1.82) is 0 Å². The van der Waals surface area contributed by atoms with Gasteiger partial charge in [-0.3, -0.25) is 0 Å². The second-order valence-electron chi connectivity index (χ2n) is 3.41. The smallest absolute Gasteiger partial charge is 0.358 e. The van der Waals surface area contributed by atoms with Crippen LogP contribution in [0.5, 0.6) is 0 Å². The first-order valence-corrected chi connectivity index (χ1v) is 5.04. The number of aromatic nitrogens is 2. The molecule has 0 amide bonds. The molecule has 1 fully saturated rings. The first-order valence-electron chi connectivity index (χ1n) is 5.04. The number of anilines is 1. The molecular formula is C10H13N3O3. The molecule has 2 heterocycles. The lowest BCUT2D eigenvalue weighted by Crippen LogP contribution is -2.33. The van der Waals surface area contributed by atoms with Gasteiger partial charge in [-0.15, -0.1) is 0 Å². The zero-order valence-corrected chi connectivity index (χ0v) is 9.05. The molecule has 0 N–H and O–H groups in total. The highest BCUT2D eigenvalue weighted by Gasteiger charge is 2.14. The molecule has 1 aliphatic heterocycles. The Balaban J connectivity index is 2.09. The van der Waals surface area contributed by atoms with Gasteiger partial charge in [-0.1, -0.05) is 0 Å². The van der Waals surface area contributed by atoms with Crippen molar-refractivity contribution in [3.8, 4) is 0 Å². The zero-order chi connectivity index (χ0) is 11.4. The number of hydrogen-bond acceptors (Lipinski definition) is 6. The number of carbonyl (C=O) groups is 1. The van der Waals surface area contributed by atoms with Crippen molar-refractivity contribution in [2.45, 2.75) is 6.42 Å². The third-order valence-electron chi connectivity index (χ3n) is 2.32. The Bertz CT molecular complexity index is 360. The summed E-state index contributed by atoms with van der Waals surface area (Å²) in [7, 11) is 1.32. The molecule has 0 bridgehead atoms. The number of esters is 1. The van der Waals surface area contributed by atoms with E-state index in [1.807, 2.05) is 4.90 Å². The Morgan fingerprint density at radius 1 is 1.50 bits per heavy atom. The van der Waals surface area contributed by atoms with Gasteiger partial charge in [0, 0.05) is 6.54 Å². The van der Waals surface area contributed by atoms with E-state index in [4.69, 9.17) is 4.74 Å². The number of hydrogen-bond donors (Lipinski definition) is 0. The van der Waals surface area contributed by atoms with Crippen molar-refractivity contribution in [2.24, 2.45) is 0 Å². The minimum absolute atomic E-state index is 0.212. The lowest BCUT2D eigenvalue weighted by molar-refractivity contribution is 0.0593. The second-order valence-corrected chi connectivity index (χ2v) is 3.41. The topological polar surface area (TPSA) is 64.5 Å². The lowest BCUT2D eigenvalue weighted by atomic mass is 10.3. The molecule has 0 radical (unpaired) electrons. The maximum absolute atomic E-state index is 11.1. The molecule has 1 aromatic rings. The Morgan fingerprint density at radius 2 is 2.38 bits per heavy atom. The molecule has 0 spiro atoms. The lowest BCUT2D eigenvalue weighted by Gasteiger charge is -2.27. The molecule has 0 aromatic carbocycles. The van der Waals surface area contributed by atoms with Crippen molar-refractivity contribution < 1.29 is 14.3 Å². The molecule has 6 nitrogen and oxygen atoms in total. The van der Waals surface area contributed by atoms with E-state index in [2.05, 4.69) is 14.7 Å². The number of ether oxygens (including phenoxy) is 2. The maximum atomic E-state index is 11.1. The summed E-state index contributed by atoms with van der Waals surface area (Å²) < 4.78 is 9.84. The van der Waals surface area contributed by atoms with Gasteiger partial charge in [-0.2, -0.15) is 0 Å². The van der Waals surface area contributed by atoms with Crippen LogP contribution in [0.4, 0.5) is 5.82 Å². The number of methoxy groups -OCH3 is 1. The monoisotopic (exact) mass is 223 g/mol. The van der Waals surface area contributed by atoms with Gasteiger partial charge in [-0.25, -0.2) is 14.8 Å². The first-order chi connectivity index (χ1) is 7.81. The van der Waals surface area contributed by atoms with Crippen LogP contribution in [0.15, 0.2) is 12.4 Å². The van der Waals surface area contributed by atoms with E-state index in [0.717, 1.165) is 19.6 Å². The van der Waals surface area contributed by atoms with Crippen molar-refractivity contribution in [3.05, 3.63) is 18.1 Å². The molecule has 0 atom stereocenters. The third kappa shape index (κ3) is 2.27. The molecule has 6 heteroatoms. The van der Waals surface area contributed by atoms with Gasteiger partial charge in [0.15, 0.2) is 5.69 Å². The Hall–Kier alpha value is -1.69. The summed E-state index contributed by atoms with van der Waals surface area (Å²) in [6, 6.07) is 0. The Kier molecular flexibility index (Phi) is 3.31. The van der Waals surface area contributed by atoms with Gasteiger partial charge >= 0.3 is 5.97 Å². The largest absolute Gasteiger partial charge is 0.464 e. The standard InChI is InChI=1S/C10H13N3O3/c1-15-10(14)8-5-12-9(6-11-8)13-3-2-4-16-7-13/h5-6H,2-4,7H2,1H3. The summed E-state index contributed by atoms with van der Waals surface area (Å²) in [4.78, 5) is 21.3. The van der Waals surface area contributed by atoms with E-state index in [0.29, 0.717) is 12.5 Å². The van der Waals surface area contributed by atoms with Gasteiger partial charge in [0.1, 0.15) is 12.5 Å². The number of carbonyl (C=O) groups excluding carboxylic acids is 1. The molecule has 0 unspecified atom stereocenters. The summed E-state index contributed by atoms with van der Waals surface area (Å²) in [5, 5.41) is 0. The molecule has 1 aromatic heterocycles. The highest BCUT2D eigenvalue weighted by atomic mass is 16.5. The van der Waals surface area contributed by atoms with E-state index in [1.165, 1.54) is 13.3 Å². The third-order valence-corrected chi connectivity index (χ3v) is 2.32. The predicted octanol–water partition coefficient (Wildman–Crippen LogP) is 0.447. The SMILES string of the molecule is COC(=O)c1cnc(N2CCCOC2)cn1. The average molecular weight is 223 g/mol. The fourth-order valence-electron chi connectivity index (χ4n) is 1.47. The van der Waals surface area contributed by atoms with E-state index >= 15 is 0 Å². The summed E-state index contributed by atoms with van der Waals surface area (Å²) in [5.41, 5.74) is 0.212. The normalized spacial score (nSPS) is 15.9. The van der Waals surface area contributed by atoms with Crippen LogP contribution in [0.3, 0.4) is 0 Å². The molecule has 2 rings (SSSR count). The van der Waals surface area contributed by atoms with E-state index in [1.54, 1.807) is 6.20 Å². The van der Waals surface area contributed by atoms with Gasteiger partial charge in [0.05, 0.1) is 26.1 Å². The van der Waals surface area contributed by atoms with Crippen LogP contribution in [0.2, 0.25) is 0 Å². The predicted molar refractivity (Wildman–Crippen MR) is 56.2 cm³/mol. The van der Waals surface area contributed by atoms with Crippen LogP contribution in [-0.4, -0.2) is 42.9 Å². The van der Waals surface area contributed by atoms with Gasteiger partial charge < -0.3 is 14.4 Å². The highest BCUT2D eigenvalue weighted by Crippen LogP contribution is 2.12. The van der Waals surface area contributed by atoms with Crippen molar-refractivity contribution in [3.63, 3.8) is 0 Å². The molecule has 16 heavy (non-hydrogen) atoms. The number of rotatable bonds is 2. The fraction of sp³-hybridized carbons (Fsp3) is 0.500. The van der Waals surface area contributed by atoms with Gasteiger partial charge in [0.2, 0.25) is 0 Å². The molecule has 86 valence electrons. The van der Waals surface area contributed by atoms with Crippen LogP contribution in [-0.2, 0) is 9.47 Å². The average Bonchev–Trinajstić information content (AvgIpc) is 2.39. The minimum atomic E-state index is -0.478. The summed E-state index contributed by atoms with van der Waals surface area (Å²) in [6.45, 7) is 2.20. The molecule has 0 saturated carbocycles. The van der Waals surface area contributed by atoms with Crippen LogP contribution in [0.1, 0.15) is 16.9 Å². The van der Waals surface area contributed by atoms with Crippen LogP contribution in [0.25, 0.3) is 0 Å². The first kappa shape index (κ1) is 10.8. The van der Waals surface area contributed by atoms with Crippen molar-refractivity contribution >= 4 is 11.8 Å². The Morgan fingerprint density at radius 3 is 2.94 bits per heavy atom. The Labute approximate surface area is 93.2 Å². The highest BCUT2D eigenvalue weighted by molar-refractivity contribution is 5.86. The van der Waals surface area contributed by atoms with E-state index in [9.17, 15) is 4.79 Å². The zero-order valence-electron chi connectivity index (χ0n) is 9.05. The molecule has 1 saturated heterocycles. The molecular weight excluding hydrogens is 210 g/mol. The van der Waals surface area contributed by atoms with E-state index in [-0.39, 0.29) is 5.69 Å².